The molecule has 4 aliphatic heterocycles. The van der Waals surface area contributed by atoms with E-state index in [0.29, 0.717) is 50.1 Å². The maximum absolute atomic E-state index is 13.2. The van der Waals surface area contributed by atoms with E-state index < -0.39 is 40.9 Å². The highest BCUT2D eigenvalue weighted by Crippen LogP contribution is 2.52. The Morgan fingerprint density at radius 2 is 0.628 bits per heavy atom. The fourth-order valence-electron chi connectivity index (χ4n) is 16.7. The molecule has 4 heterocycles. The van der Waals surface area contributed by atoms with Gasteiger partial charge in [0, 0.05) is 47.8 Å². The summed E-state index contributed by atoms with van der Waals surface area (Å²) < 4.78 is 61.5. The van der Waals surface area contributed by atoms with Gasteiger partial charge in [0.05, 0.1) is 37.3 Å². The molecule has 8 aliphatic rings. The van der Waals surface area contributed by atoms with Crippen molar-refractivity contribution in [2.75, 3.05) is 39.6 Å². The highest BCUT2D eigenvalue weighted by atomic mass is 16.8. The van der Waals surface area contributed by atoms with Crippen LogP contribution in [0.4, 0.5) is 14.4 Å². The molecule has 15 heteroatoms. The van der Waals surface area contributed by atoms with Crippen LogP contribution in [0, 0.1) is 45.3 Å². The molecule has 0 bridgehead atoms. The molecule has 0 unspecified atom stereocenters. The Morgan fingerprint density at radius 1 is 0.397 bits per heavy atom. The number of carbonyl (C=O) groups is 3. The van der Waals surface area contributed by atoms with Gasteiger partial charge in [-0.15, -0.1) is 0 Å². The van der Waals surface area contributed by atoms with Gasteiger partial charge in [-0.25, -0.2) is 14.4 Å². The molecule has 448 valence electrons. The lowest BCUT2D eigenvalue weighted by Gasteiger charge is -2.55. The Bertz CT molecular complexity index is 1830. The Hall–Kier alpha value is -2.43. The molecule has 4 saturated heterocycles. The molecule has 4 aliphatic carbocycles. The monoisotopic (exact) mass is 1100 g/mol. The van der Waals surface area contributed by atoms with Crippen molar-refractivity contribution in [3.63, 3.8) is 0 Å². The fraction of sp³-hybridized carbons (Fsp3) is 0.952. The summed E-state index contributed by atoms with van der Waals surface area (Å²) in [6.07, 6.45) is 17.3. The van der Waals surface area contributed by atoms with Crippen LogP contribution >= 0.6 is 0 Å². The third-order valence-corrected chi connectivity index (χ3v) is 21.2. The summed E-state index contributed by atoms with van der Waals surface area (Å²) in [6, 6.07) is 0. The van der Waals surface area contributed by atoms with Crippen molar-refractivity contribution >= 4 is 18.5 Å². The molecule has 0 radical (unpaired) electrons. The third-order valence-electron chi connectivity index (χ3n) is 21.2. The summed E-state index contributed by atoms with van der Waals surface area (Å²) in [5.41, 5.74) is -0.999. The molecule has 2 N–H and O–H groups in total. The molecular formula is C63H108N2O13. The zero-order valence-corrected chi connectivity index (χ0v) is 51.2. The molecule has 0 aromatic rings. The minimum absolute atomic E-state index is 0.110. The second-order valence-corrected chi connectivity index (χ2v) is 30.5. The van der Waals surface area contributed by atoms with Crippen LogP contribution in [0.1, 0.15) is 238 Å². The van der Waals surface area contributed by atoms with Gasteiger partial charge in [-0.2, -0.15) is 0 Å². The van der Waals surface area contributed by atoms with Gasteiger partial charge in [0.15, 0.2) is 11.6 Å². The molecule has 4 saturated carbocycles. The van der Waals surface area contributed by atoms with E-state index in [1.165, 1.54) is 0 Å². The lowest BCUT2D eigenvalue weighted by molar-refractivity contribution is -0.332. The number of piperidine rings is 2. The lowest BCUT2D eigenvalue weighted by atomic mass is 9.60. The fourth-order valence-corrected chi connectivity index (χ4v) is 16.7. The Kier molecular flexibility index (Phi) is 18.7. The molecule has 0 aromatic carbocycles. The average Bonchev–Trinajstić information content (AvgIpc) is 3.43. The molecule has 8 fully saturated rings. The van der Waals surface area contributed by atoms with E-state index in [9.17, 15) is 14.4 Å². The van der Waals surface area contributed by atoms with Crippen LogP contribution in [-0.4, -0.2) is 116 Å². The minimum Gasteiger partial charge on any atom is -0.434 e. The molecule has 8 rings (SSSR count). The molecule has 0 amide bonds. The normalized spacial score (nSPS) is 33.9. The summed E-state index contributed by atoms with van der Waals surface area (Å²) in [5.74, 6) is 0.872. The molecule has 15 nitrogen and oxygen atoms in total. The smallest absolute Gasteiger partial charge is 0.434 e. The number of rotatable bonds is 14. The molecule has 0 aromatic heterocycles. The van der Waals surface area contributed by atoms with Crippen LogP contribution in [-0.2, 0) is 47.4 Å². The van der Waals surface area contributed by atoms with Crippen LogP contribution in [0.5, 0.6) is 0 Å². The maximum atomic E-state index is 13.2. The maximum Gasteiger partial charge on any atom is 0.508 e. The number of hydrogen-bond acceptors (Lipinski definition) is 15. The van der Waals surface area contributed by atoms with Crippen molar-refractivity contribution in [1.82, 2.24) is 10.6 Å². The Balaban J connectivity index is 0.674. The second kappa shape index (κ2) is 23.7. The highest BCUT2D eigenvalue weighted by molar-refractivity contribution is 5.61. The van der Waals surface area contributed by atoms with E-state index >= 15 is 0 Å². The number of ether oxygens (including phenoxy) is 10. The van der Waals surface area contributed by atoms with Crippen molar-refractivity contribution in [3.8, 4) is 0 Å². The average molecular weight is 1100 g/mol. The van der Waals surface area contributed by atoms with Crippen LogP contribution in [0.15, 0.2) is 0 Å². The molecule has 78 heavy (non-hydrogen) atoms. The number of nitrogens with one attached hydrogen (secondary N) is 2. The SMILES string of the molecule is CCC1(COC(=O)OC2CCC(C(C)(C)C3CCC(OC(=O)OC4CCC(C(C)(C)C5CCC(OC(=O)OCC6(CC)COC7(CC(C)(C)NC(C)(C)C7)OC6)CC5)CC4)CC3)CC2)COC2(CC(C)(C)NC(C)(C)C2)OC1. The largest absolute Gasteiger partial charge is 0.508 e. The van der Waals surface area contributed by atoms with Crippen molar-refractivity contribution in [2.24, 2.45) is 45.3 Å². The number of hydrogen-bond donors (Lipinski definition) is 2. The highest BCUT2D eigenvalue weighted by Gasteiger charge is 2.55. The Labute approximate surface area is 470 Å². The van der Waals surface area contributed by atoms with Crippen molar-refractivity contribution in [1.29, 1.82) is 0 Å². The first-order valence-electron chi connectivity index (χ1n) is 31.1. The summed E-state index contributed by atoms with van der Waals surface area (Å²) in [4.78, 5) is 39.3. The van der Waals surface area contributed by atoms with E-state index in [1.807, 2.05) is 0 Å². The van der Waals surface area contributed by atoms with Gasteiger partial charge in [0.25, 0.3) is 0 Å². The summed E-state index contributed by atoms with van der Waals surface area (Å²) in [5, 5.41) is 7.42. The van der Waals surface area contributed by atoms with Crippen LogP contribution in [0.3, 0.4) is 0 Å². The first-order valence-corrected chi connectivity index (χ1v) is 31.1. The van der Waals surface area contributed by atoms with Crippen LogP contribution < -0.4 is 10.6 Å². The summed E-state index contributed by atoms with van der Waals surface area (Å²) >= 11 is 0. The van der Waals surface area contributed by atoms with E-state index in [-0.39, 0.29) is 70.6 Å². The quantitative estimate of drug-likeness (QED) is 0.124. The predicted octanol–water partition coefficient (Wildman–Crippen LogP) is 13.9. The lowest BCUT2D eigenvalue weighted by Crippen LogP contribution is -2.67. The summed E-state index contributed by atoms with van der Waals surface area (Å²) in [6.45, 7) is 33.8. The second-order valence-electron chi connectivity index (χ2n) is 30.5. The Morgan fingerprint density at radius 3 is 0.859 bits per heavy atom. The molecule has 2 spiro atoms. The number of carbonyl (C=O) groups excluding carboxylic acids is 3. The van der Waals surface area contributed by atoms with Gasteiger partial charge in [-0.3, -0.25) is 0 Å². The van der Waals surface area contributed by atoms with E-state index in [0.717, 1.165) is 141 Å². The first kappa shape index (κ1) is 61.6. The topological polar surface area (TPSA) is 168 Å². The van der Waals surface area contributed by atoms with Crippen LogP contribution in [0.2, 0.25) is 0 Å². The van der Waals surface area contributed by atoms with E-state index in [4.69, 9.17) is 47.4 Å². The zero-order valence-electron chi connectivity index (χ0n) is 51.2. The van der Waals surface area contributed by atoms with Gasteiger partial charge >= 0.3 is 18.5 Å². The van der Waals surface area contributed by atoms with Crippen molar-refractivity contribution < 1.29 is 61.8 Å². The van der Waals surface area contributed by atoms with E-state index in [1.54, 1.807) is 0 Å². The molecule has 0 atom stereocenters. The van der Waals surface area contributed by atoms with E-state index in [2.05, 4.69) is 108 Å². The predicted molar refractivity (Wildman–Crippen MR) is 299 cm³/mol. The minimum atomic E-state index is -0.634. The van der Waals surface area contributed by atoms with Gasteiger partial charge in [0.1, 0.15) is 37.6 Å². The van der Waals surface area contributed by atoms with Gasteiger partial charge in [0.2, 0.25) is 0 Å². The molecular weight excluding hydrogens is 993 g/mol. The van der Waals surface area contributed by atoms with Gasteiger partial charge < -0.3 is 58.0 Å². The van der Waals surface area contributed by atoms with Crippen molar-refractivity contribution in [3.05, 3.63) is 0 Å². The van der Waals surface area contributed by atoms with Gasteiger partial charge in [-0.05, 0) is 205 Å². The summed E-state index contributed by atoms with van der Waals surface area (Å²) in [7, 11) is 0. The van der Waals surface area contributed by atoms with Gasteiger partial charge in [-0.1, -0.05) is 41.5 Å². The zero-order chi connectivity index (χ0) is 56.6. The first-order chi connectivity index (χ1) is 36.4. The third kappa shape index (κ3) is 15.2. The standard InChI is InChI=1S/C63H108N2O13/c1-15-60(39-71-62(72-40-60)33-54(3,4)64-55(5,6)34-62)37-69-51(66)75-47-25-17-43(18-26-47)58(11,12)45-21-29-49(30-22-45)77-53(68)78-50-31-23-46(24-32-50)59(13,14)44-19-27-48(28-20-44)76-52(67)70-38-61(16-2)41-73-63(74-42-61)35-56(7,8)65-57(9,10)36-63/h43-50,64-65H,15-42H2,1-14H3. The van der Waals surface area contributed by atoms with Crippen molar-refractivity contribution in [2.45, 2.75) is 296 Å². The van der Waals surface area contributed by atoms with Crippen LogP contribution in [0.25, 0.3) is 0 Å².